The van der Waals surface area contributed by atoms with E-state index < -0.39 is 0 Å². The molecule has 0 saturated carbocycles. The molecule has 8 heteroatoms. The third kappa shape index (κ3) is 4.85. The first-order chi connectivity index (χ1) is 17.5. The number of pyridine rings is 1. The van der Waals surface area contributed by atoms with Gasteiger partial charge in [-0.2, -0.15) is 5.10 Å². The van der Waals surface area contributed by atoms with E-state index in [9.17, 15) is 9.59 Å². The van der Waals surface area contributed by atoms with Crippen LogP contribution in [0.15, 0.2) is 48.8 Å². The summed E-state index contributed by atoms with van der Waals surface area (Å²) in [6, 6.07) is 11.6. The van der Waals surface area contributed by atoms with E-state index in [2.05, 4.69) is 21.2 Å². The fourth-order valence-corrected chi connectivity index (χ4v) is 5.64. The summed E-state index contributed by atoms with van der Waals surface area (Å²) in [5.41, 5.74) is 4.51. The van der Waals surface area contributed by atoms with E-state index in [0.29, 0.717) is 30.8 Å². The van der Waals surface area contributed by atoms with Gasteiger partial charge in [-0.1, -0.05) is 12.1 Å². The average molecular weight is 488 g/mol. The fourth-order valence-electron chi connectivity index (χ4n) is 5.64. The number of nitrogens with zero attached hydrogens (tertiary/aromatic N) is 4. The van der Waals surface area contributed by atoms with Gasteiger partial charge in [0.05, 0.1) is 12.7 Å². The molecule has 2 aliphatic rings. The summed E-state index contributed by atoms with van der Waals surface area (Å²) in [6.07, 6.45) is 8.64. The Kier molecular flexibility index (Phi) is 7.02. The van der Waals surface area contributed by atoms with E-state index in [-0.39, 0.29) is 23.8 Å². The van der Waals surface area contributed by atoms with Crippen LogP contribution in [0.2, 0.25) is 0 Å². The first kappa shape index (κ1) is 24.0. The smallest absolute Gasteiger partial charge is 0.274 e. The first-order valence-electron chi connectivity index (χ1n) is 12.7. The van der Waals surface area contributed by atoms with Crippen molar-refractivity contribution in [2.45, 2.75) is 44.6 Å². The number of carbonyl (C=O) groups excluding carboxylic acids is 2. The molecule has 5 rings (SSSR count). The molecule has 0 radical (unpaired) electrons. The molecule has 188 valence electrons. The van der Waals surface area contributed by atoms with Crippen LogP contribution in [-0.4, -0.2) is 70.1 Å². The van der Waals surface area contributed by atoms with E-state index >= 15 is 0 Å². The predicted molar refractivity (Wildman–Crippen MR) is 136 cm³/mol. The number of aryl methyl sites for hydroxylation is 1. The monoisotopic (exact) mass is 487 g/mol. The number of amides is 2. The second kappa shape index (κ2) is 10.5. The average Bonchev–Trinajstić information content (AvgIpc) is 3.56. The molecule has 8 nitrogen and oxygen atoms in total. The third-order valence-corrected chi connectivity index (χ3v) is 7.69. The molecular formula is C28H33N5O3. The summed E-state index contributed by atoms with van der Waals surface area (Å²) < 4.78 is 5.43. The summed E-state index contributed by atoms with van der Waals surface area (Å²) in [4.78, 5) is 34.5. The highest BCUT2D eigenvalue weighted by Crippen LogP contribution is 2.30. The van der Waals surface area contributed by atoms with Gasteiger partial charge >= 0.3 is 0 Å². The number of aromatic nitrogens is 3. The number of likely N-dealkylation sites (N-methyl/N-ethyl adjacent to an activating group) is 1. The van der Waals surface area contributed by atoms with Crippen LogP contribution < -0.4 is 4.74 Å². The molecule has 1 unspecified atom stereocenters. The lowest BCUT2D eigenvalue weighted by Crippen LogP contribution is -2.48. The van der Waals surface area contributed by atoms with E-state index in [1.54, 1.807) is 31.6 Å². The molecule has 1 aliphatic carbocycles. The minimum absolute atomic E-state index is 0.0169. The predicted octanol–water partition coefficient (Wildman–Crippen LogP) is 3.54. The molecule has 1 N–H and O–H groups in total. The van der Waals surface area contributed by atoms with Crippen molar-refractivity contribution < 1.29 is 14.3 Å². The van der Waals surface area contributed by atoms with Crippen molar-refractivity contribution in [2.75, 3.05) is 27.2 Å². The molecule has 2 amide bonds. The summed E-state index contributed by atoms with van der Waals surface area (Å²) in [6.45, 7) is 1.32. The van der Waals surface area contributed by atoms with E-state index in [1.807, 2.05) is 35.0 Å². The molecular weight excluding hydrogens is 454 g/mol. The van der Waals surface area contributed by atoms with Gasteiger partial charge in [-0.3, -0.25) is 19.7 Å². The van der Waals surface area contributed by atoms with Gasteiger partial charge in [0.15, 0.2) is 5.69 Å². The topological polar surface area (TPSA) is 91.4 Å². The third-order valence-electron chi connectivity index (χ3n) is 7.69. The zero-order chi connectivity index (χ0) is 25.1. The Balaban J connectivity index is 1.32. The minimum Gasteiger partial charge on any atom is -0.497 e. The number of H-pyrrole nitrogens is 1. The Labute approximate surface area is 211 Å². The van der Waals surface area contributed by atoms with Crippen LogP contribution in [-0.2, 0) is 19.3 Å². The van der Waals surface area contributed by atoms with Gasteiger partial charge in [-0.05, 0) is 74.3 Å². The van der Waals surface area contributed by atoms with E-state index in [4.69, 9.17) is 4.74 Å². The Hall–Kier alpha value is -3.68. The Bertz CT molecular complexity index is 1220. The highest BCUT2D eigenvalue weighted by Gasteiger charge is 2.35. The van der Waals surface area contributed by atoms with Gasteiger partial charge < -0.3 is 14.5 Å². The van der Waals surface area contributed by atoms with Gasteiger partial charge in [-0.15, -0.1) is 0 Å². The van der Waals surface area contributed by atoms with Crippen molar-refractivity contribution >= 4 is 11.8 Å². The first-order valence-corrected chi connectivity index (χ1v) is 12.7. The molecule has 0 bridgehead atoms. The van der Waals surface area contributed by atoms with Crippen molar-refractivity contribution in [1.82, 2.24) is 25.0 Å². The van der Waals surface area contributed by atoms with Crippen molar-refractivity contribution in [2.24, 2.45) is 5.92 Å². The zero-order valence-corrected chi connectivity index (χ0v) is 20.9. The maximum Gasteiger partial charge on any atom is 0.274 e. The lowest BCUT2D eigenvalue weighted by Gasteiger charge is -2.40. The summed E-state index contributed by atoms with van der Waals surface area (Å²) in [7, 11) is 3.54. The number of rotatable bonds is 7. The normalized spacial score (nSPS) is 16.4. The van der Waals surface area contributed by atoms with Crippen LogP contribution in [0.5, 0.6) is 5.75 Å². The summed E-state index contributed by atoms with van der Waals surface area (Å²) >= 11 is 0. The fraction of sp³-hybridized carbons (Fsp3) is 0.429. The molecule has 1 aliphatic heterocycles. The number of benzene rings is 1. The number of aromatic amines is 1. The molecule has 3 heterocycles. The number of nitrogens with one attached hydrogen (secondary N) is 1. The van der Waals surface area contributed by atoms with Gasteiger partial charge in [0.2, 0.25) is 0 Å². The number of likely N-dealkylation sites (tertiary alicyclic amines) is 1. The quantitative estimate of drug-likeness (QED) is 0.551. The maximum absolute atomic E-state index is 13.4. The van der Waals surface area contributed by atoms with Gasteiger partial charge in [0.1, 0.15) is 5.75 Å². The summed E-state index contributed by atoms with van der Waals surface area (Å²) in [5.74, 6) is 1.05. The SMILES string of the molecule is COc1cccc(CC(C2CCN(C(=O)c3n[nH]c4c3CCC4)CC2)N(C)C(=O)c2cccnc2)c1. The standard InChI is InChI=1S/C28H33N5O3/c1-32(27(34)21-7-5-13-29-18-21)25(17-19-6-3-8-22(16-19)36-2)20-11-14-33(15-12-20)28(35)26-23-9-4-10-24(23)30-31-26/h3,5-8,13,16,18,20,25H,4,9-12,14-15,17H2,1-2H3,(H,30,31). The van der Waals surface area contributed by atoms with Crippen LogP contribution >= 0.6 is 0 Å². The lowest BCUT2D eigenvalue weighted by atomic mass is 9.84. The molecule has 0 spiro atoms. The van der Waals surface area contributed by atoms with E-state index in [1.165, 1.54) is 0 Å². The minimum atomic E-state index is -0.0402. The molecule has 3 aromatic rings. The Morgan fingerprint density at radius 2 is 2.03 bits per heavy atom. The number of methoxy groups -OCH3 is 1. The Morgan fingerprint density at radius 1 is 1.19 bits per heavy atom. The highest BCUT2D eigenvalue weighted by molar-refractivity contribution is 5.94. The lowest BCUT2D eigenvalue weighted by molar-refractivity contribution is 0.0519. The molecule has 1 aromatic carbocycles. The zero-order valence-electron chi connectivity index (χ0n) is 20.9. The second-order valence-corrected chi connectivity index (χ2v) is 9.79. The molecule has 1 saturated heterocycles. The van der Waals surface area contributed by atoms with Crippen molar-refractivity contribution in [3.63, 3.8) is 0 Å². The molecule has 2 aromatic heterocycles. The Morgan fingerprint density at radius 3 is 2.78 bits per heavy atom. The second-order valence-electron chi connectivity index (χ2n) is 9.79. The number of hydrogen-bond acceptors (Lipinski definition) is 5. The van der Waals surface area contributed by atoms with Crippen LogP contribution in [0, 0.1) is 5.92 Å². The largest absolute Gasteiger partial charge is 0.497 e. The van der Waals surface area contributed by atoms with Crippen molar-refractivity contribution in [1.29, 1.82) is 0 Å². The van der Waals surface area contributed by atoms with Crippen LogP contribution in [0.1, 0.15) is 56.9 Å². The van der Waals surface area contributed by atoms with Gasteiger partial charge in [-0.25, -0.2) is 0 Å². The van der Waals surface area contributed by atoms with E-state index in [0.717, 1.165) is 54.7 Å². The maximum atomic E-state index is 13.4. The highest BCUT2D eigenvalue weighted by atomic mass is 16.5. The van der Waals surface area contributed by atoms with Crippen LogP contribution in [0.4, 0.5) is 0 Å². The summed E-state index contributed by atoms with van der Waals surface area (Å²) in [5, 5.41) is 7.39. The molecule has 1 atom stereocenters. The van der Waals surface area contributed by atoms with Crippen LogP contribution in [0.25, 0.3) is 0 Å². The number of carbonyl (C=O) groups is 2. The number of piperidine rings is 1. The van der Waals surface area contributed by atoms with Gasteiger partial charge in [0.25, 0.3) is 11.8 Å². The van der Waals surface area contributed by atoms with Crippen molar-refractivity contribution in [3.8, 4) is 5.75 Å². The van der Waals surface area contributed by atoms with Crippen LogP contribution in [0.3, 0.4) is 0 Å². The number of hydrogen-bond donors (Lipinski definition) is 1. The number of fused-ring (bicyclic) bond motifs is 1. The molecule has 1 fully saturated rings. The molecule has 36 heavy (non-hydrogen) atoms. The number of ether oxygens (including phenoxy) is 1. The van der Waals surface area contributed by atoms with Crippen molar-refractivity contribution in [3.05, 3.63) is 76.9 Å². The van der Waals surface area contributed by atoms with Gasteiger partial charge in [0, 0.05) is 49.8 Å².